The lowest BCUT2D eigenvalue weighted by molar-refractivity contribution is 0.767. The summed E-state index contributed by atoms with van der Waals surface area (Å²) in [5, 5.41) is 9.45. The number of halogens is 1. The Morgan fingerprint density at radius 2 is 1.90 bits per heavy atom. The predicted octanol–water partition coefficient (Wildman–Crippen LogP) is 4.21. The van der Waals surface area contributed by atoms with Gasteiger partial charge in [-0.05, 0) is 42.3 Å². The minimum Gasteiger partial charge on any atom is -0.399 e. The highest BCUT2D eigenvalue weighted by Crippen LogP contribution is 2.25. The number of benzene rings is 2. The maximum atomic E-state index is 8.95. The van der Waals surface area contributed by atoms with Crippen molar-refractivity contribution in [3.05, 3.63) is 58.6 Å². The van der Waals surface area contributed by atoms with Crippen molar-refractivity contribution in [2.45, 2.75) is 19.9 Å². The Labute approximate surface area is 130 Å². The summed E-state index contributed by atoms with van der Waals surface area (Å²) in [4.78, 5) is 2.25. The molecular formula is C17H18ClN3. The van der Waals surface area contributed by atoms with Gasteiger partial charge in [0.1, 0.15) is 6.07 Å². The van der Waals surface area contributed by atoms with Crippen molar-refractivity contribution in [2.24, 2.45) is 0 Å². The van der Waals surface area contributed by atoms with E-state index in [1.807, 2.05) is 36.4 Å². The number of hydrogen-bond donors (Lipinski definition) is 1. The molecule has 0 spiro atoms. The van der Waals surface area contributed by atoms with Crippen LogP contribution in [0, 0.1) is 11.3 Å². The summed E-state index contributed by atoms with van der Waals surface area (Å²) >= 11 is 6.13. The Morgan fingerprint density at radius 3 is 2.48 bits per heavy atom. The number of hydrogen-bond acceptors (Lipinski definition) is 3. The maximum absolute atomic E-state index is 8.95. The lowest BCUT2D eigenvalue weighted by Crippen LogP contribution is -2.23. The SMILES string of the molecule is CCCN(Cc1ccc(N)cc1)c1ccc(C#N)c(Cl)c1. The van der Waals surface area contributed by atoms with Gasteiger partial charge in [0.05, 0.1) is 10.6 Å². The van der Waals surface area contributed by atoms with E-state index in [4.69, 9.17) is 22.6 Å². The summed E-state index contributed by atoms with van der Waals surface area (Å²) in [7, 11) is 0. The van der Waals surface area contributed by atoms with Gasteiger partial charge < -0.3 is 10.6 Å². The molecule has 0 unspecified atom stereocenters. The molecule has 21 heavy (non-hydrogen) atoms. The van der Waals surface area contributed by atoms with Crippen LogP contribution < -0.4 is 10.6 Å². The number of rotatable bonds is 5. The normalized spacial score (nSPS) is 10.1. The van der Waals surface area contributed by atoms with Gasteiger partial charge in [0, 0.05) is 24.5 Å². The summed E-state index contributed by atoms with van der Waals surface area (Å²) in [5.74, 6) is 0. The molecule has 4 heteroatoms. The first-order valence-corrected chi connectivity index (χ1v) is 7.31. The van der Waals surface area contributed by atoms with Crippen molar-refractivity contribution in [1.82, 2.24) is 0 Å². The second kappa shape index (κ2) is 7.01. The van der Waals surface area contributed by atoms with Crippen molar-refractivity contribution in [1.29, 1.82) is 5.26 Å². The lowest BCUT2D eigenvalue weighted by Gasteiger charge is -2.25. The standard InChI is InChI=1S/C17H18ClN3/c1-2-9-21(12-13-3-6-15(20)7-4-13)16-8-5-14(11-19)17(18)10-16/h3-8,10H,2,9,12,20H2,1H3. The fourth-order valence-electron chi connectivity index (χ4n) is 2.20. The Kier molecular flexibility index (Phi) is 5.08. The molecule has 0 atom stereocenters. The van der Waals surface area contributed by atoms with Crippen LogP contribution in [-0.4, -0.2) is 6.54 Å². The minimum atomic E-state index is 0.494. The first-order valence-electron chi connectivity index (χ1n) is 6.93. The average molecular weight is 300 g/mol. The van der Waals surface area contributed by atoms with Crippen LogP contribution in [0.15, 0.2) is 42.5 Å². The Morgan fingerprint density at radius 1 is 1.19 bits per heavy atom. The van der Waals surface area contributed by atoms with E-state index in [-0.39, 0.29) is 0 Å². The number of nitrogens with zero attached hydrogens (tertiary/aromatic N) is 2. The van der Waals surface area contributed by atoms with Crippen LogP contribution in [0.1, 0.15) is 24.5 Å². The summed E-state index contributed by atoms with van der Waals surface area (Å²) in [6.45, 7) is 3.85. The van der Waals surface area contributed by atoms with Crippen LogP contribution >= 0.6 is 11.6 Å². The number of nitriles is 1. The zero-order chi connectivity index (χ0) is 15.2. The van der Waals surface area contributed by atoms with E-state index in [0.717, 1.165) is 30.9 Å². The van der Waals surface area contributed by atoms with Crippen molar-refractivity contribution in [3.63, 3.8) is 0 Å². The van der Waals surface area contributed by atoms with Crippen LogP contribution in [0.3, 0.4) is 0 Å². The third-order valence-electron chi connectivity index (χ3n) is 3.28. The smallest absolute Gasteiger partial charge is 0.101 e. The van der Waals surface area contributed by atoms with Gasteiger partial charge >= 0.3 is 0 Å². The zero-order valence-corrected chi connectivity index (χ0v) is 12.8. The molecule has 2 N–H and O–H groups in total. The molecule has 0 aliphatic carbocycles. The Bertz CT molecular complexity index is 644. The molecule has 2 rings (SSSR count). The fourth-order valence-corrected chi connectivity index (χ4v) is 2.42. The molecule has 2 aromatic rings. The first-order chi connectivity index (χ1) is 10.1. The summed E-state index contributed by atoms with van der Waals surface area (Å²) in [5.41, 5.74) is 9.21. The molecule has 3 nitrogen and oxygen atoms in total. The van der Waals surface area contributed by atoms with Crippen molar-refractivity contribution in [3.8, 4) is 6.07 Å². The summed E-state index contributed by atoms with van der Waals surface area (Å²) in [6.07, 6.45) is 1.03. The maximum Gasteiger partial charge on any atom is 0.101 e. The van der Waals surface area contributed by atoms with Gasteiger partial charge in [-0.2, -0.15) is 5.26 Å². The van der Waals surface area contributed by atoms with E-state index < -0.39 is 0 Å². The molecule has 0 aromatic heterocycles. The topological polar surface area (TPSA) is 53.0 Å². The summed E-state index contributed by atoms with van der Waals surface area (Å²) in [6, 6.07) is 15.5. The van der Waals surface area contributed by atoms with Gasteiger partial charge in [-0.25, -0.2) is 0 Å². The van der Waals surface area contributed by atoms with E-state index in [1.54, 1.807) is 6.07 Å². The number of anilines is 2. The second-order valence-electron chi connectivity index (χ2n) is 4.94. The first kappa shape index (κ1) is 15.2. The molecule has 0 aliphatic heterocycles. The van der Waals surface area contributed by atoms with Crippen molar-refractivity contribution < 1.29 is 0 Å². The highest BCUT2D eigenvalue weighted by Gasteiger charge is 2.09. The van der Waals surface area contributed by atoms with Gasteiger partial charge in [0.25, 0.3) is 0 Å². The third-order valence-corrected chi connectivity index (χ3v) is 3.60. The Hall–Kier alpha value is -2.18. The van der Waals surface area contributed by atoms with Gasteiger partial charge in [-0.15, -0.1) is 0 Å². The summed E-state index contributed by atoms with van der Waals surface area (Å²) < 4.78 is 0. The lowest BCUT2D eigenvalue weighted by atomic mass is 10.1. The molecular weight excluding hydrogens is 282 g/mol. The van der Waals surface area contributed by atoms with Crippen LogP contribution in [0.5, 0.6) is 0 Å². The molecule has 0 aliphatic rings. The van der Waals surface area contributed by atoms with Crippen molar-refractivity contribution >= 4 is 23.0 Å². The fraction of sp³-hybridized carbons (Fsp3) is 0.235. The van der Waals surface area contributed by atoms with E-state index in [1.165, 1.54) is 5.56 Å². The van der Waals surface area contributed by atoms with Crippen LogP contribution in [-0.2, 0) is 6.54 Å². The molecule has 0 radical (unpaired) electrons. The molecule has 0 bridgehead atoms. The molecule has 108 valence electrons. The molecule has 0 amide bonds. The van der Waals surface area contributed by atoms with Gasteiger partial charge in [-0.3, -0.25) is 0 Å². The third kappa shape index (κ3) is 3.90. The zero-order valence-electron chi connectivity index (χ0n) is 12.0. The van der Waals surface area contributed by atoms with Crippen LogP contribution in [0.25, 0.3) is 0 Å². The average Bonchev–Trinajstić information content (AvgIpc) is 2.49. The number of nitrogen functional groups attached to an aromatic ring is 1. The van der Waals surface area contributed by atoms with E-state index in [0.29, 0.717) is 10.6 Å². The molecule has 0 saturated heterocycles. The molecule has 0 saturated carbocycles. The molecule has 0 fully saturated rings. The largest absolute Gasteiger partial charge is 0.399 e. The van der Waals surface area contributed by atoms with Crippen molar-refractivity contribution in [2.75, 3.05) is 17.2 Å². The second-order valence-corrected chi connectivity index (χ2v) is 5.35. The highest BCUT2D eigenvalue weighted by atomic mass is 35.5. The quantitative estimate of drug-likeness (QED) is 0.841. The van der Waals surface area contributed by atoms with E-state index >= 15 is 0 Å². The van der Waals surface area contributed by atoms with Crippen LogP contribution in [0.4, 0.5) is 11.4 Å². The van der Waals surface area contributed by atoms with Crippen LogP contribution in [0.2, 0.25) is 5.02 Å². The van der Waals surface area contributed by atoms with Gasteiger partial charge in [-0.1, -0.05) is 30.7 Å². The Balaban J connectivity index is 2.24. The van der Waals surface area contributed by atoms with Gasteiger partial charge in [0.15, 0.2) is 0 Å². The minimum absolute atomic E-state index is 0.494. The monoisotopic (exact) mass is 299 g/mol. The molecule has 2 aromatic carbocycles. The van der Waals surface area contributed by atoms with Gasteiger partial charge in [0.2, 0.25) is 0 Å². The predicted molar refractivity (Wildman–Crippen MR) is 88.4 cm³/mol. The number of nitrogens with two attached hydrogens (primary N) is 1. The highest BCUT2D eigenvalue weighted by molar-refractivity contribution is 6.32. The van der Waals surface area contributed by atoms with E-state index in [2.05, 4.69) is 17.9 Å². The molecule has 0 heterocycles. The van der Waals surface area contributed by atoms with E-state index in [9.17, 15) is 0 Å².